The van der Waals surface area contributed by atoms with Crippen molar-refractivity contribution in [3.8, 4) is 0 Å². The van der Waals surface area contributed by atoms with Crippen LogP contribution in [0.1, 0.15) is 26.2 Å². The third kappa shape index (κ3) is 2.69. The highest BCUT2D eigenvalue weighted by atomic mass is 16.5. The van der Waals surface area contributed by atoms with Crippen molar-refractivity contribution >= 4 is 5.91 Å². The van der Waals surface area contributed by atoms with Crippen LogP contribution in [0.15, 0.2) is 0 Å². The molecule has 0 saturated heterocycles. The summed E-state index contributed by atoms with van der Waals surface area (Å²) in [5.41, 5.74) is 5.85. The van der Waals surface area contributed by atoms with Crippen LogP contribution in [0.25, 0.3) is 0 Å². The molecule has 3 unspecified atom stereocenters. The van der Waals surface area contributed by atoms with Crippen LogP contribution in [-0.2, 0) is 9.53 Å². The number of ether oxygens (including phenoxy) is 1. The maximum atomic E-state index is 11.5. The zero-order valence-corrected chi connectivity index (χ0v) is 9.19. The minimum absolute atomic E-state index is 0.00380. The van der Waals surface area contributed by atoms with E-state index in [9.17, 15) is 4.79 Å². The highest BCUT2D eigenvalue weighted by molar-refractivity contribution is 5.79. The molecule has 0 bridgehead atoms. The highest BCUT2D eigenvalue weighted by Gasteiger charge is 2.28. The lowest BCUT2D eigenvalue weighted by Gasteiger charge is -2.23. The Morgan fingerprint density at radius 1 is 1.50 bits per heavy atom. The molecule has 0 aromatic carbocycles. The minimum Gasteiger partial charge on any atom is -0.364 e. The van der Waals surface area contributed by atoms with E-state index in [1.807, 2.05) is 0 Å². The standard InChI is InChI=1S/C10H20N2O2/c1-7(10(13)12(2)3)14-9-6-4-5-8(9)11/h7-9H,4-6,11H2,1-3H3. The van der Waals surface area contributed by atoms with Crippen LogP contribution in [0, 0.1) is 0 Å². The number of hydrogen-bond acceptors (Lipinski definition) is 3. The van der Waals surface area contributed by atoms with E-state index < -0.39 is 0 Å². The van der Waals surface area contributed by atoms with Gasteiger partial charge in [-0.25, -0.2) is 0 Å². The number of nitrogens with two attached hydrogens (primary N) is 1. The topological polar surface area (TPSA) is 55.6 Å². The predicted octanol–water partition coefficient (Wildman–Crippen LogP) is 0.360. The molecule has 0 aliphatic heterocycles. The quantitative estimate of drug-likeness (QED) is 0.715. The van der Waals surface area contributed by atoms with Crippen LogP contribution in [0.2, 0.25) is 0 Å². The molecule has 14 heavy (non-hydrogen) atoms. The monoisotopic (exact) mass is 200 g/mol. The molecule has 0 radical (unpaired) electrons. The van der Waals surface area contributed by atoms with Gasteiger partial charge < -0.3 is 15.4 Å². The molecule has 1 rings (SSSR count). The Kier molecular flexibility index (Phi) is 3.89. The average Bonchev–Trinajstić information content (AvgIpc) is 2.50. The van der Waals surface area contributed by atoms with Gasteiger partial charge in [-0.2, -0.15) is 0 Å². The van der Waals surface area contributed by atoms with Crippen molar-refractivity contribution in [2.45, 2.75) is 44.4 Å². The van der Waals surface area contributed by atoms with E-state index in [0.29, 0.717) is 0 Å². The summed E-state index contributed by atoms with van der Waals surface area (Å²) in [6.07, 6.45) is 2.78. The third-order valence-electron chi connectivity index (χ3n) is 2.67. The molecule has 0 spiro atoms. The van der Waals surface area contributed by atoms with Crippen LogP contribution in [-0.4, -0.2) is 43.2 Å². The lowest BCUT2D eigenvalue weighted by molar-refractivity contribution is -0.143. The van der Waals surface area contributed by atoms with Gasteiger partial charge in [0, 0.05) is 20.1 Å². The zero-order valence-electron chi connectivity index (χ0n) is 9.19. The van der Waals surface area contributed by atoms with E-state index in [1.54, 1.807) is 25.9 Å². The summed E-state index contributed by atoms with van der Waals surface area (Å²) in [6.45, 7) is 1.79. The molecule has 0 heterocycles. The highest BCUT2D eigenvalue weighted by Crippen LogP contribution is 2.21. The molecule has 82 valence electrons. The smallest absolute Gasteiger partial charge is 0.250 e. The van der Waals surface area contributed by atoms with Gasteiger partial charge in [-0.3, -0.25) is 4.79 Å². The Bertz CT molecular complexity index is 206. The van der Waals surface area contributed by atoms with Crippen molar-refractivity contribution in [3.05, 3.63) is 0 Å². The number of hydrogen-bond donors (Lipinski definition) is 1. The van der Waals surface area contributed by atoms with Crippen LogP contribution >= 0.6 is 0 Å². The second-order valence-corrected chi connectivity index (χ2v) is 4.14. The molecule has 1 aliphatic rings. The summed E-state index contributed by atoms with van der Waals surface area (Å²) < 4.78 is 5.63. The Morgan fingerprint density at radius 2 is 2.14 bits per heavy atom. The van der Waals surface area contributed by atoms with Crippen molar-refractivity contribution in [2.24, 2.45) is 5.73 Å². The van der Waals surface area contributed by atoms with Crippen molar-refractivity contribution in [3.63, 3.8) is 0 Å². The predicted molar refractivity (Wildman–Crippen MR) is 54.9 cm³/mol. The lowest BCUT2D eigenvalue weighted by Crippen LogP contribution is -2.40. The minimum atomic E-state index is -0.376. The molecule has 1 aliphatic carbocycles. The van der Waals surface area contributed by atoms with E-state index >= 15 is 0 Å². The number of nitrogens with zero attached hydrogens (tertiary/aromatic N) is 1. The van der Waals surface area contributed by atoms with Gasteiger partial charge >= 0.3 is 0 Å². The SMILES string of the molecule is CC(OC1CCCC1N)C(=O)N(C)C. The fourth-order valence-corrected chi connectivity index (χ4v) is 1.81. The van der Waals surface area contributed by atoms with E-state index in [4.69, 9.17) is 10.5 Å². The van der Waals surface area contributed by atoms with E-state index in [2.05, 4.69) is 0 Å². The second-order valence-electron chi connectivity index (χ2n) is 4.14. The van der Waals surface area contributed by atoms with Gasteiger partial charge in [0.15, 0.2) is 0 Å². The van der Waals surface area contributed by atoms with Crippen molar-refractivity contribution < 1.29 is 9.53 Å². The number of rotatable bonds is 3. The first-order valence-electron chi connectivity index (χ1n) is 5.14. The Balaban J connectivity index is 2.39. The number of likely N-dealkylation sites (N-methyl/N-ethyl adjacent to an activating group) is 1. The van der Waals surface area contributed by atoms with Gasteiger partial charge in [0.1, 0.15) is 6.10 Å². The van der Waals surface area contributed by atoms with Gasteiger partial charge in [-0.05, 0) is 26.2 Å². The number of carbonyl (C=O) groups excluding carboxylic acids is 1. The molecule has 1 amide bonds. The van der Waals surface area contributed by atoms with Crippen LogP contribution in [0.5, 0.6) is 0 Å². The molecule has 1 fully saturated rings. The van der Waals surface area contributed by atoms with E-state index in [-0.39, 0.29) is 24.2 Å². The Morgan fingerprint density at radius 3 is 2.57 bits per heavy atom. The maximum absolute atomic E-state index is 11.5. The van der Waals surface area contributed by atoms with Gasteiger partial charge in [-0.15, -0.1) is 0 Å². The van der Waals surface area contributed by atoms with Gasteiger partial charge in [0.25, 0.3) is 5.91 Å². The average molecular weight is 200 g/mol. The first-order chi connectivity index (χ1) is 6.52. The number of carbonyl (C=O) groups is 1. The van der Waals surface area contributed by atoms with Crippen LogP contribution in [0.4, 0.5) is 0 Å². The fraction of sp³-hybridized carbons (Fsp3) is 0.900. The van der Waals surface area contributed by atoms with Gasteiger partial charge in [-0.1, -0.05) is 0 Å². The fourth-order valence-electron chi connectivity index (χ4n) is 1.81. The van der Waals surface area contributed by atoms with Gasteiger partial charge in [0.05, 0.1) is 6.10 Å². The molecule has 0 aromatic rings. The summed E-state index contributed by atoms with van der Waals surface area (Å²) in [5.74, 6) is 0.00380. The molecule has 4 heteroatoms. The Hall–Kier alpha value is -0.610. The van der Waals surface area contributed by atoms with Crippen molar-refractivity contribution in [1.82, 2.24) is 4.90 Å². The lowest BCUT2D eigenvalue weighted by atomic mass is 10.2. The summed E-state index contributed by atoms with van der Waals surface area (Å²) in [5, 5.41) is 0. The maximum Gasteiger partial charge on any atom is 0.250 e. The third-order valence-corrected chi connectivity index (χ3v) is 2.67. The molecular weight excluding hydrogens is 180 g/mol. The van der Waals surface area contributed by atoms with Crippen molar-refractivity contribution in [2.75, 3.05) is 14.1 Å². The Labute approximate surface area is 85.4 Å². The van der Waals surface area contributed by atoms with Gasteiger partial charge in [0.2, 0.25) is 0 Å². The number of amides is 1. The molecule has 0 aromatic heterocycles. The molecular formula is C10H20N2O2. The molecule has 4 nitrogen and oxygen atoms in total. The molecule has 1 saturated carbocycles. The first-order valence-corrected chi connectivity index (χ1v) is 5.14. The van der Waals surface area contributed by atoms with Crippen LogP contribution < -0.4 is 5.73 Å². The summed E-state index contributed by atoms with van der Waals surface area (Å²) in [6, 6.07) is 0.104. The van der Waals surface area contributed by atoms with Crippen LogP contribution in [0.3, 0.4) is 0 Å². The van der Waals surface area contributed by atoms with E-state index in [1.165, 1.54) is 0 Å². The molecule has 2 N–H and O–H groups in total. The second kappa shape index (κ2) is 4.75. The van der Waals surface area contributed by atoms with Crippen molar-refractivity contribution in [1.29, 1.82) is 0 Å². The zero-order chi connectivity index (χ0) is 10.7. The summed E-state index contributed by atoms with van der Waals surface area (Å²) in [4.78, 5) is 13.0. The normalized spacial score (nSPS) is 28.9. The molecule has 3 atom stereocenters. The summed E-state index contributed by atoms with van der Waals surface area (Å²) >= 11 is 0. The van der Waals surface area contributed by atoms with E-state index in [0.717, 1.165) is 19.3 Å². The summed E-state index contributed by atoms with van der Waals surface area (Å²) in [7, 11) is 3.47. The first kappa shape index (κ1) is 11.5. The largest absolute Gasteiger partial charge is 0.364 e.